The topological polar surface area (TPSA) is 134 Å². The Hall–Kier alpha value is -3.72. The molecule has 1 aromatic carbocycles. The lowest BCUT2D eigenvalue weighted by molar-refractivity contribution is 0.0996. The largest absolute Gasteiger partial charge is 0.435 e. The number of aliphatic hydroxyl groups excluding tert-OH is 1. The molecule has 1 unspecified atom stereocenters. The highest BCUT2D eigenvalue weighted by Gasteiger charge is 2.28. The van der Waals surface area contributed by atoms with Crippen LogP contribution in [0.5, 0.6) is 0 Å². The first-order chi connectivity index (χ1) is 14.5. The van der Waals surface area contributed by atoms with Crippen LogP contribution < -0.4 is 10.6 Å². The van der Waals surface area contributed by atoms with E-state index in [1.54, 1.807) is 18.5 Å². The van der Waals surface area contributed by atoms with E-state index in [9.17, 15) is 9.90 Å². The Labute approximate surface area is 171 Å². The van der Waals surface area contributed by atoms with Crippen molar-refractivity contribution in [1.29, 1.82) is 0 Å². The molecule has 0 bridgehead atoms. The smallest absolute Gasteiger partial charge is 0.271 e. The number of nitrogens with two attached hydrogens (primary N) is 1. The second kappa shape index (κ2) is 6.96. The molecule has 0 radical (unpaired) electrons. The highest BCUT2D eigenvalue weighted by molar-refractivity contribution is 6.01. The van der Waals surface area contributed by atoms with Gasteiger partial charge in [0.25, 0.3) is 5.91 Å². The minimum atomic E-state index is -0.678. The van der Waals surface area contributed by atoms with Crippen LogP contribution in [0.25, 0.3) is 33.7 Å². The molecule has 5 rings (SSSR count). The van der Waals surface area contributed by atoms with Crippen LogP contribution in [-0.2, 0) is 0 Å². The number of β-amino-alcohol motifs (C(OH)–C–C–N with tert-alkyl or cyclic N) is 1. The minimum Gasteiger partial charge on any atom is -0.435 e. The van der Waals surface area contributed by atoms with Crippen molar-refractivity contribution in [2.24, 2.45) is 5.73 Å². The number of anilines is 1. The van der Waals surface area contributed by atoms with Crippen molar-refractivity contribution in [3.8, 4) is 22.8 Å². The Morgan fingerprint density at radius 3 is 2.97 bits per heavy atom. The summed E-state index contributed by atoms with van der Waals surface area (Å²) in [6.45, 7) is 3.05. The number of carbonyl (C=O) groups excluding carboxylic acids is 1. The van der Waals surface area contributed by atoms with Gasteiger partial charge in [0.2, 0.25) is 5.89 Å². The molecule has 1 aliphatic heterocycles. The number of primary amides is 1. The first kappa shape index (κ1) is 18.3. The molecule has 9 nitrogen and oxygen atoms in total. The van der Waals surface area contributed by atoms with Crippen molar-refractivity contribution in [1.82, 2.24) is 20.2 Å². The summed E-state index contributed by atoms with van der Waals surface area (Å²) < 4.78 is 6.09. The van der Waals surface area contributed by atoms with E-state index in [1.165, 1.54) is 0 Å². The van der Waals surface area contributed by atoms with E-state index in [0.717, 1.165) is 22.3 Å². The summed E-state index contributed by atoms with van der Waals surface area (Å²) in [5.41, 5.74) is 9.50. The molecule has 1 saturated heterocycles. The maximum atomic E-state index is 12.2. The Morgan fingerprint density at radius 1 is 1.37 bits per heavy atom. The number of H-pyrrole nitrogens is 1. The van der Waals surface area contributed by atoms with E-state index < -0.39 is 12.0 Å². The zero-order chi connectivity index (χ0) is 20.8. The van der Waals surface area contributed by atoms with Gasteiger partial charge < -0.3 is 20.2 Å². The van der Waals surface area contributed by atoms with Crippen LogP contribution in [0.4, 0.5) is 5.69 Å². The van der Waals surface area contributed by atoms with Crippen LogP contribution in [0.3, 0.4) is 0 Å². The number of aromatic amines is 1. The molecule has 1 atom stereocenters. The fourth-order valence-electron chi connectivity index (χ4n) is 3.86. The van der Waals surface area contributed by atoms with Crippen molar-refractivity contribution in [2.75, 3.05) is 18.0 Å². The van der Waals surface area contributed by atoms with Gasteiger partial charge in [-0.15, -0.1) is 0 Å². The predicted octanol–water partition coefficient (Wildman–Crippen LogP) is 2.26. The van der Waals surface area contributed by atoms with Gasteiger partial charge in [0, 0.05) is 47.2 Å². The van der Waals surface area contributed by atoms with Gasteiger partial charge in [-0.1, -0.05) is 0 Å². The molecular weight excluding hydrogens is 384 g/mol. The number of carbonyl (C=O) groups is 1. The molecule has 1 aliphatic rings. The Balaban J connectivity index is 1.72. The monoisotopic (exact) mass is 404 g/mol. The molecule has 4 N–H and O–H groups in total. The molecule has 0 spiro atoms. The van der Waals surface area contributed by atoms with Crippen molar-refractivity contribution < 1.29 is 14.3 Å². The average molecular weight is 404 g/mol. The summed E-state index contributed by atoms with van der Waals surface area (Å²) >= 11 is 0. The number of nitrogens with one attached hydrogen (secondary N) is 1. The molecule has 1 fully saturated rings. The number of nitrogens with zero attached hydrogens (tertiary/aromatic N) is 4. The second-order valence-corrected chi connectivity index (χ2v) is 7.46. The molecule has 9 heteroatoms. The highest BCUT2D eigenvalue weighted by atomic mass is 16.4. The lowest BCUT2D eigenvalue weighted by Crippen LogP contribution is -2.22. The van der Waals surface area contributed by atoms with Gasteiger partial charge in [-0.25, -0.2) is 4.98 Å². The summed E-state index contributed by atoms with van der Waals surface area (Å²) in [7, 11) is 0. The average Bonchev–Trinajstić information content (AvgIpc) is 3.45. The van der Waals surface area contributed by atoms with Crippen molar-refractivity contribution in [3.05, 3.63) is 48.0 Å². The van der Waals surface area contributed by atoms with Crippen LogP contribution in [-0.4, -0.2) is 50.4 Å². The van der Waals surface area contributed by atoms with Crippen LogP contribution in [0.15, 0.2) is 41.1 Å². The zero-order valence-corrected chi connectivity index (χ0v) is 16.3. The van der Waals surface area contributed by atoms with Crippen LogP contribution >= 0.6 is 0 Å². The summed E-state index contributed by atoms with van der Waals surface area (Å²) in [5, 5.41) is 18.0. The van der Waals surface area contributed by atoms with E-state index in [0.29, 0.717) is 42.3 Å². The number of aromatic nitrogens is 4. The quantitative estimate of drug-likeness (QED) is 0.475. The van der Waals surface area contributed by atoms with Crippen molar-refractivity contribution in [2.45, 2.75) is 19.4 Å². The lowest BCUT2D eigenvalue weighted by Gasteiger charge is -2.21. The van der Waals surface area contributed by atoms with E-state index in [1.807, 2.05) is 25.1 Å². The van der Waals surface area contributed by atoms with Crippen molar-refractivity contribution >= 4 is 22.5 Å². The molecule has 0 aliphatic carbocycles. The third-order valence-electron chi connectivity index (χ3n) is 5.31. The lowest BCUT2D eigenvalue weighted by atomic mass is 10.0. The summed E-state index contributed by atoms with van der Waals surface area (Å²) in [6, 6.07) is 7.44. The zero-order valence-electron chi connectivity index (χ0n) is 16.3. The fraction of sp³-hybridized carbons (Fsp3) is 0.238. The third kappa shape index (κ3) is 3.09. The third-order valence-corrected chi connectivity index (χ3v) is 5.31. The number of benzene rings is 1. The SMILES string of the molecule is Cc1cc(-c2nc(C(N)=O)c(-c3cc4[nH]ncc4cc3N3CCC(O)C3)o2)ccn1. The number of aliphatic hydroxyl groups is 1. The number of hydrogen-bond acceptors (Lipinski definition) is 7. The number of pyridine rings is 1. The molecule has 4 aromatic rings. The Kier molecular flexibility index (Phi) is 4.25. The number of hydrogen-bond donors (Lipinski definition) is 3. The number of aryl methyl sites for hydroxylation is 1. The first-order valence-corrected chi connectivity index (χ1v) is 9.64. The van der Waals surface area contributed by atoms with Gasteiger partial charge in [-0.3, -0.25) is 14.9 Å². The Morgan fingerprint density at radius 2 is 2.23 bits per heavy atom. The van der Waals surface area contributed by atoms with Gasteiger partial charge in [0.1, 0.15) is 0 Å². The van der Waals surface area contributed by atoms with Gasteiger partial charge in [0.15, 0.2) is 11.5 Å². The second-order valence-electron chi connectivity index (χ2n) is 7.46. The minimum absolute atomic E-state index is 0.0549. The van der Waals surface area contributed by atoms with Crippen molar-refractivity contribution in [3.63, 3.8) is 0 Å². The van der Waals surface area contributed by atoms with E-state index in [-0.39, 0.29) is 5.69 Å². The number of fused-ring (bicyclic) bond motifs is 1. The van der Waals surface area contributed by atoms with E-state index in [4.69, 9.17) is 10.2 Å². The Bertz CT molecular complexity index is 1260. The standard InChI is InChI=1S/C21H20N6O3/c1-11-6-12(2-4-23-11)21-25-18(20(22)29)19(30-21)15-8-16-13(9-24-26-16)7-17(15)27-5-3-14(28)10-27/h2,4,6-9,14,28H,3,5,10H2,1H3,(H2,22,29)(H,24,26). The summed E-state index contributed by atoms with van der Waals surface area (Å²) in [4.78, 5) is 22.9. The number of amides is 1. The fourth-order valence-corrected chi connectivity index (χ4v) is 3.86. The van der Waals surface area contributed by atoms with Crippen LogP contribution in [0.2, 0.25) is 0 Å². The number of rotatable bonds is 4. The molecule has 30 heavy (non-hydrogen) atoms. The van der Waals surface area contributed by atoms with Gasteiger partial charge in [-0.05, 0) is 37.6 Å². The summed E-state index contributed by atoms with van der Waals surface area (Å²) in [6.07, 6.45) is 3.66. The molecule has 0 saturated carbocycles. The van der Waals surface area contributed by atoms with Crippen LogP contribution in [0.1, 0.15) is 22.6 Å². The molecule has 3 aromatic heterocycles. The maximum absolute atomic E-state index is 12.2. The molecule has 4 heterocycles. The van der Waals surface area contributed by atoms with Gasteiger partial charge >= 0.3 is 0 Å². The highest BCUT2D eigenvalue weighted by Crippen LogP contribution is 2.39. The molecule has 1 amide bonds. The van der Waals surface area contributed by atoms with E-state index >= 15 is 0 Å². The van der Waals surface area contributed by atoms with Gasteiger partial charge in [-0.2, -0.15) is 5.10 Å². The molecule has 152 valence electrons. The molecular formula is C21H20N6O3. The first-order valence-electron chi connectivity index (χ1n) is 9.64. The predicted molar refractivity (Wildman–Crippen MR) is 111 cm³/mol. The van der Waals surface area contributed by atoms with Crippen LogP contribution in [0, 0.1) is 6.92 Å². The maximum Gasteiger partial charge on any atom is 0.271 e. The van der Waals surface area contributed by atoms with E-state index in [2.05, 4.69) is 25.1 Å². The normalized spacial score (nSPS) is 16.5. The number of oxazole rings is 1. The summed E-state index contributed by atoms with van der Waals surface area (Å²) in [5.74, 6) is -0.0934. The van der Waals surface area contributed by atoms with Gasteiger partial charge in [0.05, 0.1) is 17.8 Å².